The van der Waals surface area contributed by atoms with Crippen LogP contribution in [0.15, 0.2) is 105 Å². The summed E-state index contributed by atoms with van der Waals surface area (Å²) in [4.78, 5) is 25.9. The second kappa shape index (κ2) is 17.0. The van der Waals surface area contributed by atoms with Crippen molar-refractivity contribution < 1.29 is 27.5 Å². The molecule has 0 fully saturated rings. The number of hydrazone groups is 1. The molecule has 52 heavy (non-hydrogen) atoms. The predicted octanol–water partition coefficient (Wildman–Crippen LogP) is 6.23. The predicted molar refractivity (Wildman–Crippen MR) is 203 cm³/mol. The lowest BCUT2D eigenvalue weighted by Gasteiger charge is -2.22. The molecule has 0 bridgehead atoms. The Balaban J connectivity index is 1.55. The number of hydrogen-bond acceptors (Lipinski definition) is 7. The van der Waals surface area contributed by atoms with Crippen molar-refractivity contribution in [2.45, 2.75) is 70.5 Å². The second-order valence-electron chi connectivity index (χ2n) is 13.2. The van der Waals surface area contributed by atoms with Gasteiger partial charge in [-0.05, 0) is 93.5 Å². The van der Waals surface area contributed by atoms with Gasteiger partial charge in [0, 0.05) is 11.8 Å². The third-order valence-corrected chi connectivity index (χ3v) is 9.60. The van der Waals surface area contributed by atoms with E-state index in [9.17, 15) is 18.0 Å². The van der Waals surface area contributed by atoms with Crippen molar-refractivity contribution in [3.05, 3.63) is 130 Å². The number of carbonyl (C=O) groups excluding carboxylic acids is 2. The summed E-state index contributed by atoms with van der Waals surface area (Å²) in [5.41, 5.74) is 12.5. The Morgan fingerprint density at radius 3 is 2.06 bits per heavy atom. The summed E-state index contributed by atoms with van der Waals surface area (Å²) < 4.78 is 41.8. The number of carbonyl (C=O) groups is 2. The van der Waals surface area contributed by atoms with Gasteiger partial charge >= 0.3 is 12.1 Å². The average molecular weight is 727 g/mol. The quantitative estimate of drug-likeness (QED) is 0.0761. The van der Waals surface area contributed by atoms with Crippen molar-refractivity contribution in [3.63, 3.8) is 0 Å². The van der Waals surface area contributed by atoms with Gasteiger partial charge in [-0.2, -0.15) is 13.5 Å². The molecule has 274 valence electrons. The number of benzene rings is 4. The molecule has 0 radical (unpaired) electrons. The van der Waals surface area contributed by atoms with Gasteiger partial charge in [0.1, 0.15) is 17.2 Å². The summed E-state index contributed by atoms with van der Waals surface area (Å²) in [6, 6.07) is 25.8. The highest BCUT2D eigenvalue weighted by atomic mass is 32.2. The van der Waals surface area contributed by atoms with E-state index in [2.05, 4.69) is 25.6 Å². The number of sulfonamides is 1. The number of nitrogens with two attached hydrogens (primary N) is 1. The Labute approximate surface area is 305 Å². The zero-order chi connectivity index (χ0) is 38.1. The summed E-state index contributed by atoms with van der Waals surface area (Å²) in [6.45, 7) is 10.4. The van der Waals surface area contributed by atoms with E-state index < -0.39 is 39.8 Å². The topological polar surface area (TPSA) is 174 Å². The molecule has 0 aliphatic heterocycles. The summed E-state index contributed by atoms with van der Waals surface area (Å²) in [5, 5.41) is 9.87. The zero-order valence-corrected chi connectivity index (χ0v) is 31.2. The van der Waals surface area contributed by atoms with Gasteiger partial charge in [0.25, 0.3) is 10.0 Å². The monoisotopic (exact) mass is 726 g/mol. The molecule has 5 N–H and O–H groups in total. The van der Waals surface area contributed by atoms with Gasteiger partial charge < -0.3 is 25.8 Å². The number of ether oxygens (including phenoxy) is 2. The molecule has 4 aromatic rings. The molecule has 0 heterocycles. The Morgan fingerprint density at radius 2 is 1.48 bits per heavy atom. The second-order valence-corrected chi connectivity index (χ2v) is 14.7. The van der Waals surface area contributed by atoms with Crippen molar-refractivity contribution in [1.82, 2.24) is 16.1 Å². The molecular formula is C39H46N6O6S. The lowest BCUT2D eigenvalue weighted by molar-refractivity contribution is 0.0519. The summed E-state index contributed by atoms with van der Waals surface area (Å²) >= 11 is 0. The van der Waals surface area contributed by atoms with E-state index in [1.54, 1.807) is 71.9 Å². The van der Waals surface area contributed by atoms with Crippen LogP contribution >= 0.6 is 0 Å². The van der Waals surface area contributed by atoms with Crippen LogP contribution in [0, 0.1) is 20.8 Å². The highest BCUT2D eigenvalue weighted by Gasteiger charge is 2.24. The number of aryl methyl sites for hydroxylation is 1. The number of methoxy groups -OCH3 is 1. The van der Waals surface area contributed by atoms with Crippen molar-refractivity contribution >= 4 is 34.2 Å². The molecule has 12 nitrogen and oxygen atoms in total. The number of nitrogens with one attached hydrogen (secondary N) is 3. The Morgan fingerprint density at radius 1 is 0.865 bits per heavy atom. The van der Waals surface area contributed by atoms with Crippen LogP contribution in [-0.2, 0) is 21.2 Å². The highest BCUT2D eigenvalue weighted by molar-refractivity contribution is 7.90. The van der Waals surface area contributed by atoms with Crippen LogP contribution in [0.25, 0.3) is 0 Å². The van der Waals surface area contributed by atoms with Crippen molar-refractivity contribution in [2.24, 2.45) is 15.2 Å². The lowest BCUT2D eigenvalue weighted by Crippen LogP contribution is -2.42. The molecule has 1 unspecified atom stereocenters. The fourth-order valence-corrected chi connectivity index (χ4v) is 7.03. The SMILES string of the molecule is COc1cc(C)c(S(=O)(=O)/N=C(\N)c2cccc(CC(/C=N\NC(=O)NC(c3ccccc3)c3ccccc3)NC(=O)OC(C)(C)C)c2)c(C)c1C. The van der Waals surface area contributed by atoms with Crippen LogP contribution in [0.4, 0.5) is 9.59 Å². The molecule has 0 spiro atoms. The molecule has 0 aromatic heterocycles. The number of urea groups is 1. The highest BCUT2D eigenvalue weighted by Crippen LogP contribution is 2.31. The minimum absolute atomic E-state index is 0.0677. The van der Waals surface area contributed by atoms with Gasteiger partial charge in [-0.15, -0.1) is 4.40 Å². The minimum atomic E-state index is -4.18. The molecule has 4 aromatic carbocycles. The van der Waals surface area contributed by atoms with Crippen LogP contribution in [0.5, 0.6) is 5.75 Å². The Bertz CT molecular complexity index is 2010. The first kappa shape index (κ1) is 39.1. The molecule has 0 aliphatic carbocycles. The van der Waals surface area contributed by atoms with Crippen LogP contribution in [0.1, 0.15) is 65.8 Å². The zero-order valence-electron chi connectivity index (χ0n) is 30.4. The normalized spacial score (nSPS) is 12.7. The first-order chi connectivity index (χ1) is 24.6. The summed E-state index contributed by atoms with van der Waals surface area (Å²) in [7, 11) is -2.66. The van der Waals surface area contributed by atoms with E-state index in [1.807, 2.05) is 60.7 Å². The number of rotatable bonds is 12. The summed E-state index contributed by atoms with van der Waals surface area (Å²) in [5.74, 6) is 0.375. The Hall–Kier alpha value is -5.69. The van der Waals surface area contributed by atoms with Gasteiger partial charge in [0.15, 0.2) is 0 Å². The molecule has 3 amide bonds. The van der Waals surface area contributed by atoms with Gasteiger partial charge in [0.05, 0.1) is 24.1 Å². The average Bonchev–Trinajstić information content (AvgIpc) is 3.08. The molecule has 4 rings (SSSR count). The molecule has 13 heteroatoms. The van der Waals surface area contributed by atoms with Crippen molar-refractivity contribution in [1.29, 1.82) is 0 Å². The van der Waals surface area contributed by atoms with Gasteiger partial charge in [-0.25, -0.2) is 15.0 Å². The standard InChI is InChI=1S/C39H46N6O6S/c1-25-21-33(50-7)26(2)27(3)35(25)52(48,49)45-36(40)31-20-14-15-28(22-31)23-32(42-38(47)51-39(4,5)6)24-41-44-37(46)43-34(29-16-10-8-11-17-29)30-18-12-9-13-19-30/h8-22,24,32,34H,23H2,1-7H3,(H2,40,45)(H,42,47)(H2,43,44,46)/b41-24-. The van der Waals surface area contributed by atoms with Crippen molar-refractivity contribution in [2.75, 3.05) is 7.11 Å². The maximum absolute atomic E-state index is 13.5. The van der Waals surface area contributed by atoms with E-state index in [1.165, 1.54) is 13.3 Å². The van der Waals surface area contributed by atoms with Crippen LogP contribution in [0.2, 0.25) is 0 Å². The van der Waals surface area contributed by atoms with Gasteiger partial charge in [0.2, 0.25) is 0 Å². The van der Waals surface area contributed by atoms with Crippen LogP contribution in [-0.4, -0.2) is 51.3 Å². The summed E-state index contributed by atoms with van der Waals surface area (Å²) in [6.07, 6.45) is 0.882. The van der Waals surface area contributed by atoms with Crippen molar-refractivity contribution in [3.8, 4) is 5.75 Å². The third kappa shape index (κ3) is 10.7. The Kier molecular flexibility index (Phi) is 12.8. The number of hydrogen-bond donors (Lipinski definition) is 4. The molecule has 0 saturated heterocycles. The molecular weight excluding hydrogens is 681 g/mol. The van der Waals surface area contributed by atoms with E-state index in [-0.39, 0.29) is 17.2 Å². The number of alkyl carbamates (subject to hydrolysis) is 1. The maximum Gasteiger partial charge on any atom is 0.408 e. The number of amides is 3. The smallest absolute Gasteiger partial charge is 0.408 e. The van der Waals surface area contributed by atoms with Gasteiger partial charge in [-0.1, -0.05) is 78.9 Å². The van der Waals surface area contributed by atoms with Crippen LogP contribution < -0.4 is 26.5 Å². The first-order valence-corrected chi connectivity index (χ1v) is 18.1. The fraction of sp³-hybridized carbons (Fsp3) is 0.282. The molecule has 1 atom stereocenters. The number of amidine groups is 1. The van der Waals surface area contributed by atoms with E-state index >= 15 is 0 Å². The minimum Gasteiger partial charge on any atom is -0.496 e. The molecule has 0 saturated carbocycles. The van der Waals surface area contributed by atoms with Gasteiger partial charge in [-0.3, -0.25) is 0 Å². The fourth-order valence-electron chi connectivity index (χ4n) is 5.57. The largest absolute Gasteiger partial charge is 0.496 e. The van der Waals surface area contributed by atoms with Crippen LogP contribution in [0.3, 0.4) is 0 Å². The van der Waals surface area contributed by atoms with E-state index in [4.69, 9.17) is 15.2 Å². The first-order valence-electron chi connectivity index (χ1n) is 16.6. The lowest BCUT2D eigenvalue weighted by atomic mass is 9.99. The maximum atomic E-state index is 13.5. The number of nitrogens with zero attached hydrogens (tertiary/aromatic N) is 2. The third-order valence-electron chi connectivity index (χ3n) is 8.02. The van der Waals surface area contributed by atoms with E-state index in [0.717, 1.165) is 11.1 Å². The molecule has 0 aliphatic rings. The van der Waals surface area contributed by atoms with E-state index in [0.29, 0.717) is 33.6 Å².